The Balaban J connectivity index is 2.41. The van der Waals surface area contributed by atoms with Crippen LogP contribution in [-0.4, -0.2) is 36.5 Å². The van der Waals surface area contributed by atoms with Crippen molar-refractivity contribution < 1.29 is 0 Å². The van der Waals surface area contributed by atoms with Crippen LogP contribution in [0.5, 0.6) is 0 Å². The smallest absolute Gasteiger partial charge is 0.0453 e. The first-order valence-electron chi connectivity index (χ1n) is 6.75. The second-order valence-electron chi connectivity index (χ2n) is 5.03. The first-order valence-corrected chi connectivity index (χ1v) is 8.52. The van der Waals surface area contributed by atoms with Crippen molar-refractivity contribution in [3.63, 3.8) is 0 Å². The van der Waals surface area contributed by atoms with Gasteiger partial charge in [0.15, 0.2) is 0 Å². The molecule has 0 aromatic heterocycles. The second kappa shape index (κ2) is 8.85. The van der Waals surface area contributed by atoms with E-state index < -0.39 is 0 Å². The molecule has 0 aliphatic rings. The lowest BCUT2D eigenvalue weighted by atomic mass is 10.0. The molecule has 2 nitrogen and oxygen atoms in total. The molecule has 2 unspecified atom stereocenters. The third kappa shape index (κ3) is 5.74. The molecular weight excluding hydrogens is 276 g/mol. The van der Waals surface area contributed by atoms with Crippen LogP contribution in [0.1, 0.15) is 31.4 Å². The van der Waals surface area contributed by atoms with Gasteiger partial charge in [-0.3, -0.25) is 0 Å². The molecule has 2 N–H and O–H groups in total. The van der Waals surface area contributed by atoms with Crippen LogP contribution >= 0.6 is 23.4 Å². The molecule has 4 heteroatoms. The summed E-state index contributed by atoms with van der Waals surface area (Å²) in [6, 6.07) is 8.47. The molecule has 0 aliphatic carbocycles. The summed E-state index contributed by atoms with van der Waals surface area (Å²) in [5, 5.41) is 0.771. The number of hydrogen-bond acceptors (Lipinski definition) is 3. The Morgan fingerprint density at radius 1 is 1.32 bits per heavy atom. The fourth-order valence-corrected chi connectivity index (χ4v) is 2.86. The number of hydrogen-bond donors (Lipinski definition) is 1. The molecule has 108 valence electrons. The van der Waals surface area contributed by atoms with Gasteiger partial charge in [0.25, 0.3) is 0 Å². The maximum Gasteiger partial charge on any atom is 0.0453 e. The topological polar surface area (TPSA) is 29.3 Å². The van der Waals surface area contributed by atoms with Gasteiger partial charge < -0.3 is 10.6 Å². The highest BCUT2D eigenvalue weighted by molar-refractivity contribution is 7.98. The summed E-state index contributed by atoms with van der Waals surface area (Å²) in [6.07, 6.45) is 4.31. The van der Waals surface area contributed by atoms with Gasteiger partial charge in [-0.2, -0.15) is 11.8 Å². The molecule has 1 aromatic rings. The Morgan fingerprint density at radius 2 is 2.00 bits per heavy atom. The lowest BCUT2D eigenvalue weighted by molar-refractivity contribution is 0.244. The number of rotatable bonds is 8. The minimum absolute atomic E-state index is 0.0175. The zero-order valence-corrected chi connectivity index (χ0v) is 13.7. The maximum absolute atomic E-state index is 6.23. The fourth-order valence-electron chi connectivity index (χ4n) is 2.00. The Bertz CT molecular complexity index is 373. The summed E-state index contributed by atoms with van der Waals surface area (Å²) in [6.45, 7) is 3.28. The van der Waals surface area contributed by atoms with Crippen molar-refractivity contribution in [2.75, 3.05) is 25.6 Å². The van der Waals surface area contributed by atoms with E-state index in [4.69, 9.17) is 17.3 Å². The molecule has 0 radical (unpaired) electrons. The van der Waals surface area contributed by atoms with Crippen molar-refractivity contribution in [3.8, 4) is 0 Å². The van der Waals surface area contributed by atoms with Gasteiger partial charge in [-0.05, 0) is 57.0 Å². The zero-order valence-electron chi connectivity index (χ0n) is 12.1. The van der Waals surface area contributed by atoms with Gasteiger partial charge in [0.2, 0.25) is 0 Å². The Hall–Kier alpha value is -0.220. The molecule has 19 heavy (non-hydrogen) atoms. The molecule has 0 heterocycles. The summed E-state index contributed by atoms with van der Waals surface area (Å²) in [5.41, 5.74) is 7.28. The summed E-state index contributed by atoms with van der Waals surface area (Å²) in [5.74, 6) is 1.21. The maximum atomic E-state index is 6.23. The van der Waals surface area contributed by atoms with Gasteiger partial charge in [-0.25, -0.2) is 0 Å². The van der Waals surface area contributed by atoms with E-state index in [1.165, 1.54) is 12.2 Å². The number of nitrogens with two attached hydrogens (primary N) is 1. The molecule has 0 fully saturated rings. The molecule has 0 aliphatic heterocycles. The van der Waals surface area contributed by atoms with Crippen molar-refractivity contribution in [2.45, 2.75) is 31.8 Å². The number of halogens is 1. The Labute approximate surface area is 126 Å². The van der Waals surface area contributed by atoms with E-state index in [1.54, 1.807) is 0 Å². The first-order chi connectivity index (χ1) is 9.06. The van der Waals surface area contributed by atoms with Gasteiger partial charge in [0.1, 0.15) is 0 Å². The minimum Gasteiger partial charge on any atom is -0.324 e. The highest BCUT2D eigenvalue weighted by Gasteiger charge is 2.13. The summed E-state index contributed by atoms with van der Waals surface area (Å²) in [4.78, 5) is 2.38. The molecule has 0 amide bonds. The van der Waals surface area contributed by atoms with Crippen LogP contribution in [0.2, 0.25) is 5.02 Å². The van der Waals surface area contributed by atoms with Crippen LogP contribution in [0, 0.1) is 0 Å². The average molecular weight is 301 g/mol. The van der Waals surface area contributed by atoms with Crippen LogP contribution in [0.4, 0.5) is 0 Å². The van der Waals surface area contributed by atoms with Crippen LogP contribution in [0.3, 0.4) is 0 Å². The summed E-state index contributed by atoms with van der Waals surface area (Å²) < 4.78 is 0. The predicted octanol–water partition coefficient (Wildman–Crippen LogP) is 3.80. The molecule has 0 saturated heterocycles. The quantitative estimate of drug-likeness (QED) is 0.792. The average Bonchev–Trinajstić information content (AvgIpc) is 2.42. The van der Waals surface area contributed by atoms with Gasteiger partial charge in [-0.15, -0.1) is 0 Å². The van der Waals surface area contributed by atoms with E-state index in [9.17, 15) is 0 Å². The molecule has 1 aromatic carbocycles. The molecule has 0 saturated carbocycles. The molecule has 1 rings (SSSR count). The monoisotopic (exact) mass is 300 g/mol. The summed E-state index contributed by atoms with van der Waals surface area (Å²) in [7, 11) is 2.17. The van der Waals surface area contributed by atoms with Crippen LogP contribution in [0.15, 0.2) is 24.3 Å². The lowest BCUT2D eigenvalue weighted by Crippen LogP contribution is -2.32. The first kappa shape index (κ1) is 16.8. The van der Waals surface area contributed by atoms with Gasteiger partial charge in [0, 0.05) is 17.1 Å². The highest BCUT2D eigenvalue weighted by Crippen LogP contribution is 2.23. The van der Waals surface area contributed by atoms with Crippen LogP contribution < -0.4 is 5.73 Å². The van der Waals surface area contributed by atoms with E-state index in [1.807, 2.05) is 36.0 Å². The minimum atomic E-state index is 0.0175. The lowest BCUT2D eigenvalue weighted by Gasteiger charge is -2.26. The molecule has 0 bridgehead atoms. The van der Waals surface area contributed by atoms with E-state index in [0.717, 1.165) is 23.6 Å². The summed E-state index contributed by atoms with van der Waals surface area (Å²) >= 11 is 8.07. The molecule has 2 atom stereocenters. The zero-order chi connectivity index (χ0) is 14.3. The molecule has 0 spiro atoms. The van der Waals surface area contributed by atoms with E-state index in [0.29, 0.717) is 6.04 Å². The Kier molecular flexibility index (Phi) is 7.84. The van der Waals surface area contributed by atoms with Crippen molar-refractivity contribution in [3.05, 3.63) is 34.9 Å². The van der Waals surface area contributed by atoms with Gasteiger partial charge in [-0.1, -0.05) is 29.8 Å². The number of benzene rings is 1. The van der Waals surface area contributed by atoms with Crippen molar-refractivity contribution in [2.24, 2.45) is 5.73 Å². The van der Waals surface area contributed by atoms with Crippen molar-refractivity contribution >= 4 is 23.4 Å². The third-order valence-corrected chi connectivity index (χ3v) is 4.58. The van der Waals surface area contributed by atoms with Gasteiger partial charge in [0.05, 0.1) is 0 Å². The van der Waals surface area contributed by atoms with Crippen LogP contribution in [0.25, 0.3) is 0 Å². The van der Waals surface area contributed by atoms with Gasteiger partial charge >= 0.3 is 0 Å². The van der Waals surface area contributed by atoms with Crippen molar-refractivity contribution in [1.29, 1.82) is 0 Å². The molecular formula is C15H25ClN2S. The van der Waals surface area contributed by atoms with E-state index >= 15 is 0 Å². The normalized spacial score (nSPS) is 14.6. The van der Waals surface area contributed by atoms with Crippen LogP contribution in [-0.2, 0) is 0 Å². The SMILES string of the molecule is CSCCC(C)N(C)CCC(N)c1ccccc1Cl. The second-order valence-corrected chi connectivity index (χ2v) is 6.42. The number of nitrogens with zero attached hydrogens (tertiary/aromatic N) is 1. The Morgan fingerprint density at radius 3 is 2.63 bits per heavy atom. The number of thioether (sulfide) groups is 1. The van der Waals surface area contributed by atoms with Crippen molar-refractivity contribution in [1.82, 2.24) is 4.90 Å². The highest BCUT2D eigenvalue weighted by atomic mass is 35.5. The fraction of sp³-hybridized carbons (Fsp3) is 0.600. The third-order valence-electron chi connectivity index (χ3n) is 3.59. The standard InChI is InChI=1S/C15H25ClN2S/c1-12(9-11-19-3)18(2)10-8-15(17)13-6-4-5-7-14(13)16/h4-7,12,15H,8-11,17H2,1-3H3. The van der Waals surface area contributed by atoms with E-state index in [2.05, 4.69) is 25.1 Å². The van der Waals surface area contributed by atoms with E-state index in [-0.39, 0.29) is 6.04 Å². The predicted molar refractivity (Wildman–Crippen MR) is 88.1 cm³/mol. The largest absolute Gasteiger partial charge is 0.324 e.